The SMILES string of the molecule is Cc1ccc(-n2c(C)cc(C=Nc3ccc(C)cc3C)c2C)cc1. The van der Waals surface area contributed by atoms with Crippen LogP contribution in [0.15, 0.2) is 53.5 Å². The number of benzene rings is 2. The maximum atomic E-state index is 4.70. The largest absolute Gasteiger partial charge is 0.318 e. The summed E-state index contributed by atoms with van der Waals surface area (Å²) in [5, 5.41) is 0. The van der Waals surface area contributed by atoms with Gasteiger partial charge in [-0.2, -0.15) is 0 Å². The number of nitrogens with zero attached hydrogens (tertiary/aromatic N) is 2. The van der Waals surface area contributed by atoms with E-state index in [1.807, 2.05) is 6.21 Å². The minimum absolute atomic E-state index is 1.03. The molecule has 1 heterocycles. The van der Waals surface area contributed by atoms with Crippen molar-refractivity contribution in [3.63, 3.8) is 0 Å². The molecule has 3 rings (SSSR count). The van der Waals surface area contributed by atoms with Crippen molar-refractivity contribution < 1.29 is 0 Å². The fraction of sp³-hybridized carbons (Fsp3) is 0.227. The van der Waals surface area contributed by atoms with Gasteiger partial charge in [0.1, 0.15) is 0 Å². The number of aromatic nitrogens is 1. The highest BCUT2D eigenvalue weighted by molar-refractivity contribution is 5.84. The third-order valence-electron chi connectivity index (χ3n) is 4.46. The molecule has 2 aromatic carbocycles. The van der Waals surface area contributed by atoms with E-state index in [1.165, 1.54) is 33.8 Å². The number of aliphatic imine (C=N–C) groups is 1. The lowest BCUT2D eigenvalue weighted by Crippen LogP contribution is -1.99. The number of hydrogen-bond donors (Lipinski definition) is 0. The van der Waals surface area contributed by atoms with Gasteiger partial charge in [-0.05, 0) is 64.4 Å². The average Bonchev–Trinajstić information content (AvgIpc) is 2.82. The van der Waals surface area contributed by atoms with E-state index in [0.717, 1.165) is 11.3 Å². The van der Waals surface area contributed by atoms with Gasteiger partial charge in [0.05, 0.1) is 5.69 Å². The zero-order valence-electron chi connectivity index (χ0n) is 15.1. The summed E-state index contributed by atoms with van der Waals surface area (Å²) < 4.78 is 2.28. The predicted molar refractivity (Wildman–Crippen MR) is 103 cm³/mol. The van der Waals surface area contributed by atoms with Crippen molar-refractivity contribution in [2.24, 2.45) is 4.99 Å². The first kappa shape index (κ1) is 16.3. The maximum absolute atomic E-state index is 4.70. The molecule has 0 amide bonds. The second-order valence-electron chi connectivity index (χ2n) is 6.55. The molecule has 0 aliphatic rings. The Morgan fingerprint density at radius 3 is 2.12 bits per heavy atom. The molecule has 0 saturated heterocycles. The lowest BCUT2D eigenvalue weighted by molar-refractivity contribution is 0.964. The maximum Gasteiger partial charge on any atom is 0.0659 e. The Bertz CT molecular complexity index is 896. The first-order valence-corrected chi connectivity index (χ1v) is 8.33. The van der Waals surface area contributed by atoms with Gasteiger partial charge in [0, 0.05) is 28.9 Å². The Morgan fingerprint density at radius 1 is 0.792 bits per heavy atom. The van der Waals surface area contributed by atoms with Crippen LogP contribution >= 0.6 is 0 Å². The van der Waals surface area contributed by atoms with Crippen LogP contribution < -0.4 is 0 Å². The molecule has 122 valence electrons. The molecule has 0 spiro atoms. The van der Waals surface area contributed by atoms with Gasteiger partial charge in [-0.15, -0.1) is 0 Å². The molecule has 0 saturated carbocycles. The molecule has 0 atom stereocenters. The topological polar surface area (TPSA) is 17.3 Å². The van der Waals surface area contributed by atoms with Gasteiger partial charge in [0.15, 0.2) is 0 Å². The van der Waals surface area contributed by atoms with E-state index in [2.05, 4.69) is 87.7 Å². The van der Waals surface area contributed by atoms with Crippen LogP contribution in [-0.4, -0.2) is 10.8 Å². The Hall–Kier alpha value is -2.61. The van der Waals surface area contributed by atoms with Crippen molar-refractivity contribution >= 4 is 11.9 Å². The first-order chi connectivity index (χ1) is 11.5. The molecule has 0 aliphatic carbocycles. The normalized spacial score (nSPS) is 11.4. The van der Waals surface area contributed by atoms with Crippen molar-refractivity contribution in [2.75, 3.05) is 0 Å². The molecule has 0 fully saturated rings. The van der Waals surface area contributed by atoms with E-state index in [1.54, 1.807) is 0 Å². The quantitative estimate of drug-likeness (QED) is 0.546. The Morgan fingerprint density at radius 2 is 1.46 bits per heavy atom. The van der Waals surface area contributed by atoms with E-state index >= 15 is 0 Å². The molecule has 3 aromatic rings. The summed E-state index contributed by atoms with van der Waals surface area (Å²) in [5.74, 6) is 0. The van der Waals surface area contributed by atoms with Crippen molar-refractivity contribution in [1.29, 1.82) is 0 Å². The van der Waals surface area contributed by atoms with Crippen LogP contribution in [0.5, 0.6) is 0 Å². The van der Waals surface area contributed by atoms with Crippen LogP contribution in [0.3, 0.4) is 0 Å². The third-order valence-corrected chi connectivity index (χ3v) is 4.46. The summed E-state index contributed by atoms with van der Waals surface area (Å²) in [6.45, 7) is 10.6. The van der Waals surface area contributed by atoms with Gasteiger partial charge in [0.25, 0.3) is 0 Å². The number of aryl methyl sites for hydroxylation is 4. The summed E-state index contributed by atoms with van der Waals surface area (Å²) in [6, 6.07) is 17.2. The second kappa shape index (κ2) is 6.48. The summed E-state index contributed by atoms with van der Waals surface area (Å²) in [6.07, 6.45) is 1.98. The van der Waals surface area contributed by atoms with Crippen molar-refractivity contribution in [2.45, 2.75) is 34.6 Å². The van der Waals surface area contributed by atoms with Crippen LogP contribution in [0, 0.1) is 34.6 Å². The summed E-state index contributed by atoms with van der Waals surface area (Å²) >= 11 is 0. The highest BCUT2D eigenvalue weighted by Gasteiger charge is 2.09. The number of hydrogen-bond acceptors (Lipinski definition) is 1. The molecular weight excluding hydrogens is 292 g/mol. The van der Waals surface area contributed by atoms with Gasteiger partial charge < -0.3 is 4.57 Å². The van der Waals surface area contributed by atoms with Gasteiger partial charge in [0.2, 0.25) is 0 Å². The fourth-order valence-electron chi connectivity index (χ4n) is 3.10. The molecular formula is C22H24N2. The molecule has 0 unspecified atom stereocenters. The van der Waals surface area contributed by atoms with Crippen LogP contribution in [0.25, 0.3) is 5.69 Å². The highest BCUT2D eigenvalue weighted by Crippen LogP contribution is 2.23. The molecule has 2 nitrogen and oxygen atoms in total. The van der Waals surface area contributed by atoms with E-state index in [4.69, 9.17) is 4.99 Å². The van der Waals surface area contributed by atoms with Crippen LogP contribution in [0.2, 0.25) is 0 Å². The highest BCUT2D eigenvalue weighted by atomic mass is 15.0. The predicted octanol–water partition coefficient (Wildman–Crippen LogP) is 5.77. The van der Waals surface area contributed by atoms with Gasteiger partial charge in [-0.1, -0.05) is 35.4 Å². The van der Waals surface area contributed by atoms with Crippen LogP contribution in [-0.2, 0) is 0 Å². The van der Waals surface area contributed by atoms with E-state index in [9.17, 15) is 0 Å². The van der Waals surface area contributed by atoms with Crippen molar-refractivity contribution in [3.8, 4) is 5.69 Å². The monoisotopic (exact) mass is 316 g/mol. The second-order valence-corrected chi connectivity index (χ2v) is 6.55. The van der Waals surface area contributed by atoms with Crippen molar-refractivity contribution in [3.05, 3.63) is 82.2 Å². The van der Waals surface area contributed by atoms with Crippen molar-refractivity contribution in [1.82, 2.24) is 4.57 Å². The minimum atomic E-state index is 1.03. The average molecular weight is 316 g/mol. The summed E-state index contributed by atoms with van der Waals surface area (Å²) in [4.78, 5) is 4.70. The fourth-order valence-corrected chi connectivity index (χ4v) is 3.10. The van der Waals surface area contributed by atoms with E-state index in [-0.39, 0.29) is 0 Å². The Labute approximate surface area is 144 Å². The lowest BCUT2D eigenvalue weighted by atomic mass is 10.1. The standard InChI is InChI=1S/C22H24N2/c1-15-6-9-21(10-7-15)24-18(4)13-20(19(24)5)14-23-22-11-8-16(2)12-17(22)3/h6-14H,1-5H3. The molecule has 0 radical (unpaired) electrons. The smallest absolute Gasteiger partial charge is 0.0659 e. The van der Waals surface area contributed by atoms with Gasteiger partial charge >= 0.3 is 0 Å². The van der Waals surface area contributed by atoms with Gasteiger partial charge in [-0.25, -0.2) is 0 Å². The summed E-state index contributed by atoms with van der Waals surface area (Å²) in [5.41, 5.74) is 9.57. The third kappa shape index (κ3) is 3.18. The molecule has 24 heavy (non-hydrogen) atoms. The lowest BCUT2D eigenvalue weighted by Gasteiger charge is -2.09. The molecule has 1 aromatic heterocycles. The zero-order chi connectivity index (χ0) is 17.3. The van der Waals surface area contributed by atoms with Crippen LogP contribution in [0.4, 0.5) is 5.69 Å². The van der Waals surface area contributed by atoms with Crippen LogP contribution in [0.1, 0.15) is 33.6 Å². The summed E-state index contributed by atoms with van der Waals surface area (Å²) in [7, 11) is 0. The number of rotatable bonds is 3. The van der Waals surface area contributed by atoms with E-state index in [0.29, 0.717) is 0 Å². The first-order valence-electron chi connectivity index (χ1n) is 8.33. The molecule has 0 N–H and O–H groups in total. The minimum Gasteiger partial charge on any atom is -0.318 e. The molecule has 0 aliphatic heterocycles. The zero-order valence-corrected chi connectivity index (χ0v) is 15.1. The molecule has 2 heteroatoms. The van der Waals surface area contributed by atoms with Gasteiger partial charge in [-0.3, -0.25) is 4.99 Å². The Kier molecular flexibility index (Phi) is 4.39. The molecule has 0 bridgehead atoms. The Balaban J connectivity index is 1.97. The van der Waals surface area contributed by atoms with E-state index < -0.39 is 0 Å².